The van der Waals surface area contributed by atoms with Crippen LogP contribution in [0, 0.1) is 13.8 Å². The van der Waals surface area contributed by atoms with Gasteiger partial charge in [-0.05, 0) is 49.2 Å². The molecule has 0 saturated heterocycles. The number of carbonyl (C=O) groups is 1. The number of rotatable bonds is 2. The highest BCUT2D eigenvalue weighted by atomic mass is 35.5. The van der Waals surface area contributed by atoms with Crippen LogP contribution in [0.25, 0.3) is 21.5 Å². The molecule has 1 aromatic carbocycles. The minimum atomic E-state index is -0.447. The van der Waals surface area contributed by atoms with Crippen LogP contribution >= 0.6 is 22.9 Å². The van der Waals surface area contributed by atoms with E-state index in [1.54, 1.807) is 17.4 Å². The van der Waals surface area contributed by atoms with E-state index in [0.717, 1.165) is 27.0 Å². The number of halogens is 1. The van der Waals surface area contributed by atoms with Crippen LogP contribution in [0.1, 0.15) is 20.8 Å². The fourth-order valence-corrected chi connectivity index (χ4v) is 3.24. The predicted octanol–water partition coefficient (Wildman–Crippen LogP) is 4.96. The molecule has 4 heteroatoms. The molecule has 0 bridgehead atoms. The molecule has 0 aliphatic carbocycles. The summed E-state index contributed by atoms with van der Waals surface area (Å²) in [5.41, 5.74) is 3.19. The normalized spacial score (nSPS) is 10.9. The van der Waals surface area contributed by atoms with Crippen LogP contribution in [0.2, 0.25) is 0 Å². The van der Waals surface area contributed by atoms with Crippen molar-refractivity contribution in [2.75, 3.05) is 0 Å². The van der Waals surface area contributed by atoms with Crippen LogP contribution in [0.4, 0.5) is 0 Å². The summed E-state index contributed by atoms with van der Waals surface area (Å²) in [7, 11) is 0. The summed E-state index contributed by atoms with van der Waals surface area (Å²) in [4.78, 5) is 18.7. The topological polar surface area (TPSA) is 30.0 Å². The largest absolute Gasteiger partial charge is 0.276 e. The number of thiophene rings is 1. The van der Waals surface area contributed by atoms with Crippen molar-refractivity contribution in [3.63, 3.8) is 0 Å². The highest BCUT2D eigenvalue weighted by Crippen LogP contribution is 2.31. The lowest BCUT2D eigenvalue weighted by Crippen LogP contribution is -1.96. The van der Waals surface area contributed by atoms with Gasteiger partial charge >= 0.3 is 0 Å². The van der Waals surface area contributed by atoms with E-state index in [9.17, 15) is 4.79 Å². The average molecular weight is 302 g/mol. The summed E-state index contributed by atoms with van der Waals surface area (Å²) in [6, 6.07) is 11.6. The van der Waals surface area contributed by atoms with Crippen molar-refractivity contribution in [1.29, 1.82) is 0 Å². The number of pyridine rings is 1. The van der Waals surface area contributed by atoms with Crippen LogP contribution in [0.3, 0.4) is 0 Å². The third kappa shape index (κ3) is 2.23. The lowest BCUT2D eigenvalue weighted by atomic mass is 10.0. The molecule has 20 heavy (non-hydrogen) atoms. The molecule has 0 N–H and O–H groups in total. The average Bonchev–Trinajstić information content (AvgIpc) is 2.85. The summed E-state index contributed by atoms with van der Waals surface area (Å²) in [5, 5.41) is 0.361. The Morgan fingerprint density at radius 3 is 2.65 bits per heavy atom. The molecular weight excluding hydrogens is 290 g/mol. The van der Waals surface area contributed by atoms with E-state index < -0.39 is 5.24 Å². The molecule has 3 aromatic rings. The second kappa shape index (κ2) is 5.00. The van der Waals surface area contributed by atoms with Crippen molar-refractivity contribution in [2.45, 2.75) is 13.8 Å². The van der Waals surface area contributed by atoms with Crippen LogP contribution in [0.15, 0.2) is 36.4 Å². The van der Waals surface area contributed by atoms with Crippen molar-refractivity contribution in [3.05, 3.63) is 52.4 Å². The Balaban J connectivity index is 2.35. The summed E-state index contributed by atoms with van der Waals surface area (Å²) in [5.74, 6) is 0. The molecule has 0 amide bonds. The smallest absolute Gasteiger partial charge is 0.253 e. The number of fused-ring (bicyclic) bond motifs is 1. The molecule has 0 atom stereocenters. The van der Waals surface area contributed by atoms with Gasteiger partial charge in [-0.2, -0.15) is 0 Å². The zero-order valence-electron chi connectivity index (χ0n) is 11.1. The lowest BCUT2D eigenvalue weighted by Gasteiger charge is -2.07. The first-order valence-electron chi connectivity index (χ1n) is 6.23. The highest BCUT2D eigenvalue weighted by Gasteiger charge is 2.14. The van der Waals surface area contributed by atoms with Crippen molar-refractivity contribution in [2.24, 2.45) is 0 Å². The van der Waals surface area contributed by atoms with Gasteiger partial charge in [0.1, 0.15) is 0 Å². The molecule has 0 aliphatic rings. The molecule has 2 aromatic heterocycles. The first kappa shape index (κ1) is 13.3. The number of benzene rings is 1. The summed E-state index contributed by atoms with van der Waals surface area (Å²) < 4.78 is 0. The zero-order valence-corrected chi connectivity index (χ0v) is 12.7. The predicted molar refractivity (Wildman–Crippen MR) is 84.7 cm³/mol. The van der Waals surface area contributed by atoms with Crippen LogP contribution < -0.4 is 0 Å². The SMILES string of the molecule is Cc1ccc(-c2cc(C(=O)Cl)c3cccc(C)c3n2)s1. The fraction of sp³-hybridized carbons (Fsp3) is 0.125. The number of carbonyl (C=O) groups excluding carboxylic acids is 1. The molecule has 0 spiro atoms. The molecule has 2 nitrogen and oxygen atoms in total. The second-order valence-corrected chi connectivity index (χ2v) is 6.34. The molecule has 100 valence electrons. The fourth-order valence-electron chi connectivity index (χ4n) is 2.25. The Morgan fingerprint density at radius 2 is 2.00 bits per heavy atom. The maximum atomic E-state index is 11.7. The zero-order chi connectivity index (χ0) is 14.3. The van der Waals surface area contributed by atoms with Crippen LogP contribution in [0.5, 0.6) is 0 Å². The summed E-state index contributed by atoms with van der Waals surface area (Å²) in [6.07, 6.45) is 0. The maximum absolute atomic E-state index is 11.7. The standard InChI is InChI=1S/C16H12ClNOS/c1-9-4-3-5-11-12(16(17)19)8-13(18-15(9)11)14-7-6-10(2)20-14/h3-8H,1-2H3. The van der Waals surface area contributed by atoms with Gasteiger partial charge in [-0.1, -0.05) is 18.2 Å². The Bertz CT molecular complexity index is 822. The van der Waals surface area contributed by atoms with E-state index in [-0.39, 0.29) is 0 Å². The van der Waals surface area contributed by atoms with Gasteiger partial charge in [0.05, 0.1) is 16.1 Å². The minimum Gasteiger partial charge on any atom is -0.276 e. The number of hydrogen-bond acceptors (Lipinski definition) is 3. The van der Waals surface area contributed by atoms with E-state index in [1.165, 1.54) is 4.88 Å². The molecule has 3 rings (SSSR count). The monoisotopic (exact) mass is 301 g/mol. The quantitative estimate of drug-likeness (QED) is 0.626. The minimum absolute atomic E-state index is 0.447. The van der Waals surface area contributed by atoms with E-state index in [4.69, 9.17) is 16.6 Å². The van der Waals surface area contributed by atoms with E-state index in [1.807, 2.05) is 44.2 Å². The third-order valence-electron chi connectivity index (χ3n) is 3.25. The molecule has 0 radical (unpaired) electrons. The Hall–Kier alpha value is -1.71. The summed E-state index contributed by atoms with van der Waals surface area (Å²) in [6.45, 7) is 4.04. The number of aromatic nitrogens is 1. The van der Waals surface area contributed by atoms with Crippen molar-refractivity contribution in [3.8, 4) is 10.6 Å². The van der Waals surface area contributed by atoms with Crippen molar-refractivity contribution >= 4 is 39.1 Å². The Morgan fingerprint density at radius 1 is 1.20 bits per heavy atom. The molecule has 2 heterocycles. The molecule has 0 fully saturated rings. The number of aryl methyl sites for hydroxylation is 2. The van der Waals surface area contributed by atoms with Gasteiger partial charge in [0, 0.05) is 15.8 Å². The first-order chi connectivity index (χ1) is 9.56. The van der Waals surface area contributed by atoms with Crippen molar-refractivity contribution in [1.82, 2.24) is 4.98 Å². The van der Waals surface area contributed by atoms with Gasteiger partial charge in [0.15, 0.2) is 0 Å². The van der Waals surface area contributed by atoms with Gasteiger partial charge in [-0.25, -0.2) is 4.98 Å². The Labute approximate surface area is 126 Å². The van der Waals surface area contributed by atoms with Crippen molar-refractivity contribution < 1.29 is 4.79 Å². The van der Waals surface area contributed by atoms with Crippen LogP contribution in [-0.2, 0) is 0 Å². The van der Waals surface area contributed by atoms with E-state index in [2.05, 4.69) is 0 Å². The summed E-state index contributed by atoms with van der Waals surface area (Å²) >= 11 is 7.39. The lowest BCUT2D eigenvalue weighted by molar-refractivity contribution is 0.108. The molecule has 0 aliphatic heterocycles. The highest BCUT2D eigenvalue weighted by molar-refractivity contribution is 7.15. The number of hydrogen-bond donors (Lipinski definition) is 0. The van der Waals surface area contributed by atoms with E-state index in [0.29, 0.717) is 5.56 Å². The number of nitrogens with zero attached hydrogens (tertiary/aromatic N) is 1. The van der Waals surface area contributed by atoms with Gasteiger partial charge in [0.2, 0.25) is 0 Å². The second-order valence-electron chi connectivity index (χ2n) is 4.71. The van der Waals surface area contributed by atoms with Gasteiger partial charge < -0.3 is 0 Å². The number of para-hydroxylation sites is 1. The molecular formula is C16H12ClNOS. The molecule has 0 unspecified atom stereocenters. The van der Waals surface area contributed by atoms with E-state index >= 15 is 0 Å². The Kier molecular flexibility index (Phi) is 3.32. The first-order valence-corrected chi connectivity index (χ1v) is 7.43. The van der Waals surface area contributed by atoms with Gasteiger partial charge in [0.25, 0.3) is 5.24 Å². The van der Waals surface area contributed by atoms with Gasteiger partial charge in [-0.15, -0.1) is 11.3 Å². The maximum Gasteiger partial charge on any atom is 0.253 e. The van der Waals surface area contributed by atoms with Crippen LogP contribution in [-0.4, -0.2) is 10.2 Å². The molecule has 0 saturated carbocycles. The van der Waals surface area contributed by atoms with Gasteiger partial charge in [-0.3, -0.25) is 4.79 Å². The third-order valence-corrected chi connectivity index (χ3v) is 4.47.